The van der Waals surface area contributed by atoms with Gasteiger partial charge in [0, 0.05) is 17.1 Å². The maximum absolute atomic E-state index is 10.5. The van der Waals surface area contributed by atoms with E-state index in [1.54, 1.807) is 18.9 Å². The highest BCUT2D eigenvalue weighted by molar-refractivity contribution is 7.99. The largest absolute Gasteiger partial charge is 0.497 e. The molecule has 0 fully saturated rings. The Bertz CT molecular complexity index is 315. The maximum Gasteiger partial charge on any atom is 0.222 e. The Morgan fingerprint density at radius 3 is 3.00 bits per heavy atom. The zero-order chi connectivity index (χ0) is 10.4. The van der Waals surface area contributed by atoms with Crippen LogP contribution in [0.1, 0.15) is 6.42 Å². The number of benzene rings is 1. The Balaban J connectivity index is 2.46. The fourth-order valence-electron chi connectivity index (χ4n) is 0.940. The second-order valence-corrected chi connectivity index (χ2v) is 4.22. The Labute approximate surface area is 92.6 Å². The molecule has 0 N–H and O–H groups in total. The summed E-state index contributed by atoms with van der Waals surface area (Å²) in [6.07, 6.45) is 0.392. The van der Waals surface area contributed by atoms with E-state index in [1.807, 2.05) is 24.3 Å². The highest BCUT2D eigenvalue weighted by Gasteiger charge is 1.99. The molecule has 0 unspecified atom stereocenters. The monoisotopic (exact) mass is 230 g/mol. The molecule has 14 heavy (non-hydrogen) atoms. The van der Waals surface area contributed by atoms with Crippen molar-refractivity contribution in [1.82, 2.24) is 0 Å². The summed E-state index contributed by atoms with van der Waals surface area (Å²) in [5.74, 6) is 1.53. The molecule has 0 spiro atoms. The first-order valence-corrected chi connectivity index (χ1v) is 5.54. The third-order valence-corrected chi connectivity index (χ3v) is 2.79. The van der Waals surface area contributed by atoms with Crippen molar-refractivity contribution in [3.63, 3.8) is 0 Å². The van der Waals surface area contributed by atoms with Gasteiger partial charge in [0.25, 0.3) is 0 Å². The number of rotatable bonds is 5. The lowest BCUT2D eigenvalue weighted by Crippen LogP contribution is -1.88. The molecule has 0 radical (unpaired) electrons. The molecule has 4 heteroatoms. The fourth-order valence-corrected chi connectivity index (χ4v) is 2.04. The average Bonchev–Trinajstić information content (AvgIpc) is 2.18. The number of thioether (sulfide) groups is 1. The van der Waals surface area contributed by atoms with Crippen molar-refractivity contribution in [3.8, 4) is 5.75 Å². The van der Waals surface area contributed by atoms with Gasteiger partial charge in [-0.15, -0.1) is 11.8 Å². The van der Waals surface area contributed by atoms with Crippen molar-refractivity contribution in [2.75, 3.05) is 12.9 Å². The van der Waals surface area contributed by atoms with E-state index in [9.17, 15) is 4.79 Å². The molecule has 0 bridgehead atoms. The number of hydrogen-bond donors (Lipinski definition) is 0. The minimum absolute atomic E-state index is 0.291. The topological polar surface area (TPSA) is 26.3 Å². The molecule has 1 rings (SSSR count). The van der Waals surface area contributed by atoms with Crippen LogP contribution in [0, 0.1) is 0 Å². The highest BCUT2D eigenvalue weighted by Crippen LogP contribution is 2.23. The van der Waals surface area contributed by atoms with Crippen LogP contribution in [-0.2, 0) is 4.79 Å². The molecule has 0 aliphatic carbocycles. The van der Waals surface area contributed by atoms with Gasteiger partial charge in [-0.1, -0.05) is 6.07 Å². The second kappa shape index (κ2) is 5.94. The zero-order valence-electron chi connectivity index (χ0n) is 7.83. The van der Waals surface area contributed by atoms with Gasteiger partial charge in [0.05, 0.1) is 7.11 Å². The summed E-state index contributed by atoms with van der Waals surface area (Å²) >= 11 is 6.82. The third-order valence-electron chi connectivity index (χ3n) is 1.61. The van der Waals surface area contributed by atoms with E-state index in [4.69, 9.17) is 16.3 Å². The number of ether oxygens (including phenoxy) is 1. The molecule has 2 nitrogen and oxygen atoms in total. The molecule has 0 aliphatic heterocycles. The number of hydrogen-bond acceptors (Lipinski definition) is 3. The number of carbonyl (C=O) groups excluding carboxylic acids is 1. The quantitative estimate of drug-likeness (QED) is 0.575. The van der Waals surface area contributed by atoms with Crippen LogP contribution in [0.15, 0.2) is 29.2 Å². The van der Waals surface area contributed by atoms with Crippen molar-refractivity contribution in [2.45, 2.75) is 11.3 Å². The van der Waals surface area contributed by atoms with Crippen molar-refractivity contribution >= 4 is 28.6 Å². The van der Waals surface area contributed by atoms with E-state index >= 15 is 0 Å². The molecule has 0 aromatic heterocycles. The van der Waals surface area contributed by atoms with Crippen LogP contribution in [0.25, 0.3) is 0 Å². The van der Waals surface area contributed by atoms with Crippen LogP contribution < -0.4 is 4.74 Å². The molecule has 0 saturated heterocycles. The van der Waals surface area contributed by atoms with Crippen LogP contribution in [0.2, 0.25) is 0 Å². The van der Waals surface area contributed by atoms with Gasteiger partial charge < -0.3 is 4.74 Å². The number of carbonyl (C=O) groups is 1. The first kappa shape index (κ1) is 11.4. The predicted octanol–water partition coefficient (Wildman–Crippen LogP) is 2.94. The molecule has 0 heterocycles. The van der Waals surface area contributed by atoms with Gasteiger partial charge in [-0.2, -0.15) is 0 Å². The second-order valence-electron chi connectivity index (χ2n) is 2.63. The summed E-state index contributed by atoms with van der Waals surface area (Å²) in [6, 6.07) is 7.72. The van der Waals surface area contributed by atoms with Crippen LogP contribution in [-0.4, -0.2) is 18.1 Å². The Hall–Kier alpha value is -0.670. The number of halogens is 1. The van der Waals surface area contributed by atoms with Crippen LogP contribution in [0.4, 0.5) is 0 Å². The first-order valence-electron chi connectivity index (χ1n) is 4.17. The Morgan fingerprint density at radius 1 is 1.57 bits per heavy atom. The van der Waals surface area contributed by atoms with E-state index in [0.29, 0.717) is 12.2 Å². The van der Waals surface area contributed by atoms with E-state index in [-0.39, 0.29) is 5.24 Å². The molecular weight excluding hydrogens is 220 g/mol. The van der Waals surface area contributed by atoms with E-state index < -0.39 is 0 Å². The average molecular weight is 231 g/mol. The van der Waals surface area contributed by atoms with Gasteiger partial charge in [-0.25, -0.2) is 0 Å². The van der Waals surface area contributed by atoms with Crippen LogP contribution in [0.5, 0.6) is 5.75 Å². The van der Waals surface area contributed by atoms with Crippen molar-refractivity contribution < 1.29 is 9.53 Å². The number of methoxy groups -OCH3 is 1. The molecule has 0 atom stereocenters. The smallest absolute Gasteiger partial charge is 0.222 e. The molecule has 1 aromatic rings. The van der Waals surface area contributed by atoms with Gasteiger partial charge in [0.2, 0.25) is 5.24 Å². The summed E-state index contributed by atoms with van der Waals surface area (Å²) in [4.78, 5) is 11.6. The van der Waals surface area contributed by atoms with Crippen molar-refractivity contribution in [1.29, 1.82) is 0 Å². The normalized spacial score (nSPS) is 9.86. The van der Waals surface area contributed by atoms with Gasteiger partial charge in [0.1, 0.15) is 5.75 Å². The van der Waals surface area contributed by atoms with Gasteiger partial charge in [-0.05, 0) is 29.8 Å². The van der Waals surface area contributed by atoms with E-state index in [1.165, 1.54) is 0 Å². The lowest BCUT2D eigenvalue weighted by Gasteiger charge is -2.02. The van der Waals surface area contributed by atoms with Crippen molar-refractivity contribution in [3.05, 3.63) is 24.3 Å². The molecule has 1 aromatic carbocycles. The summed E-state index contributed by atoms with van der Waals surface area (Å²) in [5.41, 5.74) is 0. The lowest BCUT2D eigenvalue weighted by molar-refractivity contribution is -0.111. The zero-order valence-corrected chi connectivity index (χ0v) is 9.40. The first-order chi connectivity index (χ1) is 6.72. The minimum Gasteiger partial charge on any atom is -0.497 e. The molecule has 0 amide bonds. The van der Waals surface area contributed by atoms with Gasteiger partial charge >= 0.3 is 0 Å². The van der Waals surface area contributed by atoms with Crippen molar-refractivity contribution in [2.24, 2.45) is 0 Å². The van der Waals surface area contributed by atoms with Crippen LogP contribution >= 0.6 is 23.4 Å². The standard InChI is InChI=1S/C10H11ClO2S/c1-13-8-3-2-4-9(7-8)14-6-5-10(11)12/h2-4,7H,5-6H2,1H3. The minimum atomic E-state index is -0.291. The lowest BCUT2D eigenvalue weighted by atomic mass is 10.3. The molecule has 0 aliphatic rings. The summed E-state index contributed by atoms with van der Waals surface area (Å²) in [7, 11) is 1.63. The highest BCUT2D eigenvalue weighted by atomic mass is 35.5. The van der Waals surface area contributed by atoms with Crippen LogP contribution in [0.3, 0.4) is 0 Å². The summed E-state index contributed by atoms with van der Waals surface area (Å²) < 4.78 is 5.08. The summed E-state index contributed by atoms with van der Waals surface area (Å²) in [5, 5.41) is -0.291. The van der Waals surface area contributed by atoms with E-state index in [0.717, 1.165) is 10.6 Å². The molecule has 76 valence electrons. The Morgan fingerprint density at radius 2 is 2.36 bits per heavy atom. The SMILES string of the molecule is COc1cccc(SCCC(=O)Cl)c1. The van der Waals surface area contributed by atoms with Gasteiger partial charge in [0.15, 0.2) is 0 Å². The molecule has 0 saturated carbocycles. The maximum atomic E-state index is 10.5. The predicted molar refractivity (Wildman–Crippen MR) is 59.2 cm³/mol. The summed E-state index contributed by atoms with van der Waals surface area (Å²) in [6.45, 7) is 0. The van der Waals surface area contributed by atoms with Gasteiger partial charge in [-0.3, -0.25) is 4.79 Å². The van der Waals surface area contributed by atoms with E-state index in [2.05, 4.69) is 0 Å². The molecular formula is C10H11ClO2S. The Kier molecular flexibility index (Phi) is 4.84. The third kappa shape index (κ3) is 4.03. The fraction of sp³-hybridized carbons (Fsp3) is 0.300.